The third-order valence-corrected chi connectivity index (χ3v) is 3.82. The predicted molar refractivity (Wildman–Crippen MR) is 58.7 cm³/mol. The van der Waals surface area contributed by atoms with Crippen LogP contribution < -0.4 is 5.32 Å². The van der Waals surface area contributed by atoms with Crippen molar-refractivity contribution in [1.29, 1.82) is 0 Å². The van der Waals surface area contributed by atoms with E-state index >= 15 is 0 Å². The van der Waals surface area contributed by atoms with Gasteiger partial charge in [0.2, 0.25) is 5.91 Å². The molecule has 1 amide bonds. The summed E-state index contributed by atoms with van der Waals surface area (Å²) in [5, 5.41) is 12.7. The van der Waals surface area contributed by atoms with E-state index in [2.05, 4.69) is 5.32 Å². The van der Waals surface area contributed by atoms with Gasteiger partial charge in [-0.3, -0.25) is 4.79 Å². The molecule has 0 saturated heterocycles. The van der Waals surface area contributed by atoms with Crippen molar-refractivity contribution in [2.75, 3.05) is 6.54 Å². The van der Waals surface area contributed by atoms with Crippen molar-refractivity contribution in [2.24, 2.45) is 11.8 Å². The van der Waals surface area contributed by atoms with E-state index < -0.39 is 17.7 Å². The van der Waals surface area contributed by atoms with Gasteiger partial charge in [0.05, 0.1) is 11.5 Å². The fourth-order valence-electron chi connectivity index (χ4n) is 2.52. The lowest BCUT2D eigenvalue weighted by Gasteiger charge is -2.37. The molecule has 0 spiro atoms. The molecule has 2 atom stereocenters. The zero-order valence-corrected chi connectivity index (χ0v) is 10.1. The first-order chi connectivity index (χ1) is 8.30. The van der Waals surface area contributed by atoms with Crippen molar-refractivity contribution < 1.29 is 23.1 Å². The van der Waals surface area contributed by atoms with Crippen LogP contribution in [0.5, 0.6) is 0 Å². The Hall–Kier alpha value is -0.780. The summed E-state index contributed by atoms with van der Waals surface area (Å²) in [7, 11) is 0. The SMILES string of the molecule is O=C(NCC1(O)CCCC(C(F)(F)F)C1)C1CC1. The summed E-state index contributed by atoms with van der Waals surface area (Å²) < 4.78 is 37.9. The third kappa shape index (κ3) is 3.37. The minimum atomic E-state index is -4.26. The van der Waals surface area contributed by atoms with Crippen LogP contribution in [0.25, 0.3) is 0 Å². The van der Waals surface area contributed by atoms with Gasteiger partial charge in [0, 0.05) is 12.5 Å². The third-order valence-electron chi connectivity index (χ3n) is 3.82. The maximum Gasteiger partial charge on any atom is 0.391 e. The van der Waals surface area contributed by atoms with Crippen LogP contribution in [0.4, 0.5) is 13.2 Å². The second-order valence-corrected chi connectivity index (χ2v) is 5.55. The van der Waals surface area contributed by atoms with Gasteiger partial charge in [0.1, 0.15) is 0 Å². The molecule has 3 nitrogen and oxygen atoms in total. The monoisotopic (exact) mass is 265 g/mol. The number of amides is 1. The highest BCUT2D eigenvalue weighted by atomic mass is 19.4. The quantitative estimate of drug-likeness (QED) is 0.820. The molecule has 0 bridgehead atoms. The van der Waals surface area contributed by atoms with Crippen LogP contribution in [0.2, 0.25) is 0 Å². The van der Waals surface area contributed by atoms with Crippen molar-refractivity contribution in [3.05, 3.63) is 0 Å². The summed E-state index contributed by atoms with van der Waals surface area (Å²) in [5.74, 6) is -1.58. The van der Waals surface area contributed by atoms with Crippen molar-refractivity contribution in [1.82, 2.24) is 5.32 Å². The first-order valence-corrected chi connectivity index (χ1v) is 6.37. The highest BCUT2D eigenvalue weighted by molar-refractivity contribution is 5.80. The molecule has 0 heterocycles. The summed E-state index contributed by atoms with van der Waals surface area (Å²) in [6.45, 7) is -0.0606. The first kappa shape index (κ1) is 13.6. The number of hydrogen-bond donors (Lipinski definition) is 2. The van der Waals surface area contributed by atoms with Gasteiger partial charge in [0.15, 0.2) is 0 Å². The molecule has 2 aliphatic carbocycles. The molecule has 104 valence electrons. The van der Waals surface area contributed by atoms with Gasteiger partial charge >= 0.3 is 6.18 Å². The summed E-state index contributed by atoms with van der Waals surface area (Å²) in [6, 6.07) is 0. The Kier molecular flexibility index (Phi) is 3.58. The van der Waals surface area contributed by atoms with Crippen LogP contribution >= 0.6 is 0 Å². The summed E-state index contributed by atoms with van der Waals surface area (Å²) in [6.07, 6.45) is -2.13. The number of halogens is 3. The predicted octanol–water partition coefficient (Wildman–Crippen LogP) is 2.00. The van der Waals surface area contributed by atoms with Gasteiger partial charge in [-0.2, -0.15) is 13.2 Å². The first-order valence-electron chi connectivity index (χ1n) is 6.37. The van der Waals surface area contributed by atoms with Crippen LogP contribution in [-0.4, -0.2) is 29.3 Å². The molecular formula is C12H18F3NO2. The van der Waals surface area contributed by atoms with Gasteiger partial charge in [0.25, 0.3) is 0 Å². The standard InChI is InChI=1S/C12H18F3NO2/c13-12(14,15)9-2-1-5-11(18,6-9)7-16-10(17)8-3-4-8/h8-9,18H,1-7H2,(H,16,17). The maximum atomic E-state index is 12.6. The minimum Gasteiger partial charge on any atom is -0.388 e. The number of alkyl halides is 3. The van der Waals surface area contributed by atoms with Gasteiger partial charge in [-0.1, -0.05) is 0 Å². The van der Waals surface area contributed by atoms with Crippen LogP contribution in [0, 0.1) is 11.8 Å². The van der Waals surface area contributed by atoms with E-state index in [-0.39, 0.29) is 31.2 Å². The summed E-state index contributed by atoms with van der Waals surface area (Å²) in [5.41, 5.74) is -1.40. The van der Waals surface area contributed by atoms with Gasteiger partial charge < -0.3 is 10.4 Å². The average Bonchev–Trinajstić information content (AvgIpc) is 3.09. The number of rotatable bonds is 3. The van der Waals surface area contributed by atoms with Gasteiger partial charge in [-0.05, 0) is 38.5 Å². The number of hydrogen-bond acceptors (Lipinski definition) is 2. The number of nitrogens with one attached hydrogen (secondary N) is 1. The van der Waals surface area contributed by atoms with Gasteiger partial charge in [-0.15, -0.1) is 0 Å². The lowest BCUT2D eigenvalue weighted by atomic mass is 9.77. The maximum absolute atomic E-state index is 12.6. The van der Waals surface area contributed by atoms with Crippen LogP contribution in [0.1, 0.15) is 38.5 Å². The molecule has 6 heteroatoms. The Morgan fingerprint density at radius 1 is 1.33 bits per heavy atom. The Labute approximate surface area is 104 Å². The van der Waals surface area contributed by atoms with E-state index in [0.29, 0.717) is 12.8 Å². The molecule has 2 aliphatic rings. The highest BCUT2D eigenvalue weighted by Crippen LogP contribution is 2.41. The van der Waals surface area contributed by atoms with Crippen LogP contribution in [0.15, 0.2) is 0 Å². The smallest absolute Gasteiger partial charge is 0.388 e. The average molecular weight is 265 g/mol. The molecular weight excluding hydrogens is 247 g/mol. The Morgan fingerprint density at radius 2 is 2.00 bits per heavy atom. The second-order valence-electron chi connectivity index (χ2n) is 5.55. The Balaban J connectivity index is 1.86. The van der Waals surface area contributed by atoms with Crippen molar-refractivity contribution in [3.63, 3.8) is 0 Å². The fourth-order valence-corrected chi connectivity index (χ4v) is 2.52. The lowest BCUT2D eigenvalue weighted by Crippen LogP contribution is -2.48. The van der Waals surface area contributed by atoms with E-state index in [0.717, 1.165) is 12.8 Å². The number of carbonyl (C=O) groups excluding carboxylic acids is 1. The van der Waals surface area contributed by atoms with Crippen molar-refractivity contribution in [2.45, 2.75) is 50.3 Å². The lowest BCUT2D eigenvalue weighted by molar-refractivity contribution is -0.199. The fraction of sp³-hybridized carbons (Fsp3) is 0.917. The zero-order valence-electron chi connectivity index (χ0n) is 10.1. The van der Waals surface area contributed by atoms with E-state index in [1.165, 1.54) is 0 Å². The van der Waals surface area contributed by atoms with Crippen molar-refractivity contribution >= 4 is 5.91 Å². The van der Waals surface area contributed by atoms with Crippen LogP contribution in [0.3, 0.4) is 0 Å². The number of carbonyl (C=O) groups is 1. The highest BCUT2D eigenvalue weighted by Gasteiger charge is 2.47. The molecule has 0 radical (unpaired) electrons. The largest absolute Gasteiger partial charge is 0.391 e. The second kappa shape index (κ2) is 4.72. The topological polar surface area (TPSA) is 49.3 Å². The molecule has 2 fully saturated rings. The van der Waals surface area contributed by atoms with Crippen molar-refractivity contribution in [3.8, 4) is 0 Å². The van der Waals surface area contributed by atoms with E-state index in [4.69, 9.17) is 0 Å². The molecule has 2 N–H and O–H groups in total. The summed E-state index contributed by atoms with van der Waals surface area (Å²) >= 11 is 0. The van der Waals surface area contributed by atoms with E-state index in [1.807, 2.05) is 0 Å². The van der Waals surface area contributed by atoms with E-state index in [1.54, 1.807) is 0 Å². The summed E-state index contributed by atoms with van der Waals surface area (Å²) in [4.78, 5) is 11.4. The number of aliphatic hydroxyl groups is 1. The molecule has 2 unspecified atom stereocenters. The zero-order chi connectivity index (χ0) is 13.4. The normalized spacial score (nSPS) is 33.2. The molecule has 0 aromatic rings. The Morgan fingerprint density at radius 3 is 2.56 bits per heavy atom. The minimum absolute atomic E-state index is 0.00982. The Bertz CT molecular complexity index is 328. The molecule has 0 aliphatic heterocycles. The molecule has 18 heavy (non-hydrogen) atoms. The molecule has 0 aromatic carbocycles. The molecule has 2 rings (SSSR count). The van der Waals surface area contributed by atoms with Crippen LogP contribution in [-0.2, 0) is 4.79 Å². The van der Waals surface area contributed by atoms with Gasteiger partial charge in [-0.25, -0.2) is 0 Å². The van der Waals surface area contributed by atoms with E-state index in [9.17, 15) is 23.1 Å². The molecule has 0 aromatic heterocycles. The molecule has 2 saturated carbocycles.